The molecule has 0 amide bonds. The highest BCUT2D eigenvalue weighted by molar-refractivity contribution is 7.89. The van der Waals surface area contributed by atoms with Crippen LogP contribution in [0.25, 0.3) is 0 Å². The predicted molar refractivity (Wildman–Crippen MR) is 64.2 cm³/mol. The van der Waals surface area contributed by atoms with Gasteiger partial charge in [0.25, 0.3) is 0 Å². The van der Waals surface area contributed by atoms with Crippen LogP contribution in [-0.4, -0.2) is 39.9 Å². The van der Waals surface area contributed by atoms with Crippen LogP contribution in [0.15, 0.2) is 23.1 Å². The Morgan fingerprint density at radius 1 is 1.50 bits per heavy atom. The van der Waals surface area contributed by atoms with Crippen molar-refractivity contribution in [3.8, 4) is 0 Å². The summed E-state index contributed by atoms with van der Waals surface area (Å²) in [6.45, 7) is 1.17. The Labute approximate surface area is 106 Å². The Hall–Kier alpha value is -1.02. The Bertz CT molecular complexity index is 504. The number of halogens is 1. The fraction of sp³-hybridized carbons (Fsp3) is 0.455. The van der Waals surface area contributed by atoms with E-state index in [9.17, 15) is 12.8 Å². The van der Waals surface area contributed by atoms with Crippen LogP contribution in [0.4, 0.5) is 4.39 Å². The summed E-state index contributed by atoms with van der Waals surface area (Å²) in [6, 6.07) is 2.67. The van der Waals surface area contributed by atoms with Crippen LogP contribution in [0.5, 0.6) is 0 Å². The molecule has 0 saturated heterocycles. The second kappa shape index (κ2) is 6.24. The molecule has 0 aliphatic rings. The molecule has 7 heteroatoms. The van der Waals surface area contributed by atoms with E-state index in [1.165, 1.54) is 20.1 Å². The molecule has 2 N–H and O–H groups in total. The Balaban J connectivity index is 2.99. The van der Waals surface area contributed by atoms with E-state index in [4.69, 9.17) is 9.84 Å². The van der Waals surface area contributed by atoms with E-state index < -0.39 is 21.9 Å². The third kappa shape index (κ3) is 3.74. The first-order chi connectivity index (χ1) is 8.40. The van der Waals surface area contributed by atoms with Crippen molar-refractivity contribution in [1.29, 1.82) is 0 Å². The molecule has 0 radical (unpaired) electrons. The predicted octanol–water partition coefficient (Wildman–Crippen LogP) is 0.420. The average Bonchev–Trinajstić information content (AvgIpc) is 2.27. The summed E-state index contributed by atoms with van der Waals surface area (Å²) in [4.78, 5) is -0.0153. The van der Waals surface area contributed by atoms with Crippen molar-refractivity contribution >= 4 is 10.0 Å². The quantitative estimate of drug-likeness (QED) is 0.790. The highest BCUT2D eigenvalue weighted by Crippen LogP contribution is 2.16. The van der Waals surface area contributed by atoms with Gasteiger partial charge in [-0.3, -0.25) is 0 Å². The van der Waals surface area contributed by atoms with Gasteiger partial charge in [0.1, 0.15) is 5.82 Å². The Morgan fingerprint density at radius 3 is 2.67 bits per heavy atom. The van der Waals surface area contributed by atoms with E-state index in [-0.39, 0.29) is 18.1 Å². The normalized spacial score (nSPS) is 13.6. The smallest absolute Gasteiger partial charge is 0.241 e. The van der Waals surface area contributed by atoms with Gasteiger partial charge in [0.05, 0.1) is 24.2 Å². The molecule has 1 aromatic carbocycles. The minimum absolute atomic E-state index is 0.0153. The molecular weight excluding hydrogens is 261 g/mol. The fourth-order valence-electron chi connectivity index (χ4n) is 1.52. The molecule has 0 bridgehead atoms. The van der Waals surface area contributed by atoms with E-state index in [2.05, 4.69) is 4.72 Å². The van der Waals surface area contributed by atoms with E-state index >= 15 is 0 Å². The lowest BCUT2D eigenvalue weighted by Crippen LogP contribution is -2.40. The van der Waals surface area contributed by atoms with Crippen molar-refractivity contribution in [1.82, 2.24) is 4.72 Å². The summed E-state index contributed by atoms with van der Waals surface area (Å²) in [6.07, 6.45) is 0. The van der Waals surface area contributed by atoms with Gasteiger partial charge in [0.2, 0.25) is 10.0 Å². The summed E-state index contributed by atoms with van der Waals surface area (Å²) in [5.41, 5.74) is 0.302. The summed E-state index contributed by atoms with van der Waals surface area (Å²) in [7, 11) is -2.40. The molecule has 1 atom stereocenters. The van der Waals surface area contributed by atoms with Gasteiger partial charge in [-0.05, 0) is 30.7 Å². The maximum atomic E-state index is 12.9. The number of ether oxygens (including phenoxy) is 1. The summed E-state index contributed by atoms with van der Waals surface area (Å²) in [5, 5.41) is 9.01. The number of benzene rings is 1. The minimum Gasteiger partial charge on any atom is -0.395 e. The van der Waals surface area contributed by atoms with Gasteiger partial charge in [-0.1, -0.05) is 0 Å². The SMILES string of the molecule is COCC(CO)NS(=O)(=O)c1ccc(F)cc1C. The number of aliphatic hydroxyl groups excluding tert-OH is 1. The van der Waals surface area contributed by atoms with E-state index in [0.717, 1.165) is 12.1 Å². The van der Waals surface area contributed by atoms with E-state index in [1.807, 2.05) is 0 Å². The lowest BCUT2D eigenvalue weighted by molar-refractivity contribution is 0.139. The fourth-order valence-corrected chi connectivity index (χ4v) is 2.96. The monoisotopic (exact) mass is 277 g/mol. The van der Waals surface area contributed by atoms with Crippen molar-refractivity contribution < 1.29 is 22.7 Å². The number of aryl methyl sites for hydroxylation is 1. The molecule has 5 nitrogen and oxygen atoms in total. The number of hydrogen-bond donors (Lipinski definition) is 2. The van der Waals surface area contributed by atoms with Crippen LogP contribution in [0.3, 0.4) is 0 Å². The third-order valence-corrected chi connectivity index (χ3v) is 4.02. The molecule has 0 spiro atoms. The molecule has 0 aliphatic carbocycles. The number of rotatable bonds is 6. The van der Waals surface area contributed by atoms with Gasteiger partial charge in [-0.25, -0.2) is 17.5 Å². The highest BCUT2D eigenvalue weighted by Gasteiger charge is 2.21. The second-order valence-corrected chi connectivity index (χ2v) is 5.55. The van der Waals surface area contributed by atoms with Gasteiger partial charge in [0, 0.05) is 7.11 Å². The van der Waals surface area contributed by atoms with Gasteiger partial charge in [-0.15, -0.1) is 0 Å². The van der Waals surface area contributed by atoms with Crippen molar-refractivity contribution in [2.75, 3.05) is 20.3 Å². The van der Waals surface area contributed by atoms with Gasteiger partial charge in [-0.2, -0.15) is 0 Å². The second-order valence-electron chi connectivity index (χ2n) is 3.87. The standard InChI is InChI=1S/C11H16FNO4S/c1-8-5-9(12)3-4-11(8)18(15,16)13-10(6-14)7-17-2/h3-5,10,13-14H,6-7H2,1-2H3. The zero-order valence-corrected chi connectivity index (χ0v) is 11.0. The van der Waals surface area contributed by atoms with E-state index in [0.29, 0.717) is 5.56 Å². The molecule has 1 rings (SSSR count). The molecule has 0 aliphatic heterocycles. The van der Waals surface area contributed by atoms with Crippen LogP contribution in [0.2, 0.25) is 0 Å². The summed E-state index contributed by atoms with van der Waals surface area (Å²) in [5.74, 6) is -0.498. The molecule has 1 aromatic rings. The first-order valence-electron chi connectivity index (χ1n) is 5.29. The molecule has 102 valence electrons. The molecule has 0 heterocycles. The molecule has 1 unspecified atom stereocenters. The van der Waals surface area contributed by atoms with Gasteiger partial charge in [0.15, 0.2) is 0 Å². The summed E-state index contributed by atoms with van der Waals surface area (Å²) >= 11 is 0. The largest absolute Gasteiger partial charge is 0.395 e. The Morgan fingerprint density at radius 2 is 2.17 bits per heavy atom. The number of methoxy groups -OCH3 is 1. The zero-order chi connectivity index (χ0) is 13.8. The first kappa shape index (κ1) is 15.0. The zero-order valence-electron chi connectivity index (χ0n) is 10.2. The molecule has 0 aromatic heterocycles. The number of sulfonamides is 1. The lowest BCUT2D eigenvalue weighted by atomic mass is 10.2. The highest BCUT2D eigenvalue weighted by atomic mass is 32.2. The van der Waals surface area contributed by atoms with Crippen LogP contribution >= 0.6 is 0 Å². The van der Waals surface area contributed by atoms with E-state index in [1.54, 1.807) is 0 Å². The van der Waals surface area contributed by atoms with Crippen LogP contribution in [0.1, 0.15) is 5.56 Å². The van der Waals surface area contributed by atoms with Gasteiger partial charge < -0.3 is 9.84 Å². The van der Waals surface area contributed by atoms with Gasteiger partial charge >= 0.3 is 0 Å². The topological polar surface area (TPSA) is 75.6 Å². The average molecular weight is 277 g/mol. The van der Waals surface area contributed by atoms with Crippen molar-refractivity contribution in [2.45, 2.75) is 17.9 Å². The minimum atomic E-state index is -3.80. The maximum Gasteiger partial charge on any atom is 0.241 e. The van der Waals surface area contributed by atoms with Crippen molar-refractivity contribution in [3.05, 3.63) is 29.6 Å². The van der Waals surface area contributed by atoms with Crippen LogP contribution < -0.4 is 4.72 Å². The maximum absolute atomic E-state index is 12.9. The van der Waals surface area contributed by atoms with Crippen molar-refractivity contribution in [3.63, 3.8) is 0 Å². The lowest BCUT2D eigenvalue weighted by Gasteiger charge is -2.16. The third-order valence-electron chi connectivity index (χ3n) is 2.34. The number of nitrogens with one attached hydrogen (secondary N) is 1. The van der Waals surface area contributed by atoms with Crippen molar-refractivity contribution in [2.24, 2.45) is 0 Å². The molecule has 18 heavy (non-hydrogen) atoms. The van der Waals surface area contributed by atoms with Crippen LogP contribution in [-0.2, 0) is 14.8 Å². The van der Waals surface area contributed by atoms with Crippen LogP contribution in [0, 0.1) is 12.7 Å². The molecule has 0 saturated carbocycles. The Kier molecular flexibility index (Phi) is 5.21. The number of aliphatic hydroxyl groups is 1. The molecular formula is C11H16FNO4S. The number of hydrogen-bond acceptors (Lipinski definition) is 4. The first-order valence-corrected chi connectivity index (χ1v) is 6.77. The summed E-state index contributed by atoms with van der Waals surface area (Å²) < 4.78 is 44.0. The molecule has 0 fully saturated rings.